The van der Waals surface area contributed by atoms with Crippen LogP contribution in [0.3, 0.4) is 0 Å². The minimum absolute atomic E-state index is 0.910. The van der Waals surface area contributed by atoms with Crippen LogP contribution in [-0.4, -0.2) is 7.11 Å². The summed E-state index contributed by atoms with van der Waals surface area (Å²) in [5, 5.41) is 0. The van der Waals surface area contributed by atoms with Crippen LogP contribution in [-0.2, 0) is 0 Å². The highest BCUT2D eigenvalue weighted by Crippen LogP contribution is 1.98. The maximum atomic E-state index is 4.91. The molecule has 1 heterocycles. The molecule has 0 bridgehead atoms. The molecule has 0 saturated heterocycles. The Bertz CT molecular complexity index is 202. The molecule has 0 aliphatic heterocycles. The van der Waals surface area contributed by atoms with Gasteiger partial charge in [0.2, 0.25) is 6.20 Å². The van der Waals surface area contributed by atoms with Gasteiger partial charge in [-0.2, -0.15) is 0 Å². The topological polar surface area (TPSA) is 13.1 Å². The Morgan fingerprint density at radius 1 is 1.56 bits per heavy atom. The molecule has 0 aliphatic rings. The van der Waals surface area contributed by atoms with Gasteiger partial charge in [-0.15, -0.1) is 0 Å². The molecule has 1 aromatic heterocycles. The van der Waals surface area contributed by atoms with E-state index in [1.807, 2.05) is 24.4 Å². The van der Waals surface area contributed by atoms with Crippen molar-refractivity contribution in [1.29, 1.82) is 0 Å². The maximum Gasteiger partial charge on any atom is 0.298 e. The van der Waals surface area contributed by atoms with Crippen LogP contribution in [0.2, 0.25) is 0 Å². The van der Waals surface area contributed by atoms with Crippen LogP contribution in [0.4, 0.5) is 0 Å². The smallest absolute Gasteiger partial charge is 0.274 e. The molecule has 1 rings (SSSR count). The summed E-state index contributed by atoms with van der Waals surface area (Å²) in [4.78, 5) is 4.91. The molecular weight excluding hydrogens is 182 g/mol. The fourth-order valence-corrected chi connectivity index (χ4v) is 0.971. The summed E-state index contributed by atoms with van der Waals surface area (Å²) in [6.45, 7) is 0. The number of rotatable bonds is 1. The molecule has 0 atom stereocenters. The van der Waals surface area contributed by atoms with E-state index in [0.717, 1.165) is 4.60 Å². The minimum atomic E-state index is 0.910. The summed E-state index contributed by atoms with van der Waals surface area (Å²) >= 11 is 3.29. The van der Waals surface area contributed by atoms with Gasteiger partial charge in [-0.25, -0.2) is 0 Å². The first-order chi connectivity index (χ1) is 4.34. The number of nitrogens with zero attached hydrogens (tertiary/aromatic N) is 1. The van der Waals surface area contributed by atoms with Crippen molar-refractivity contribution < 1.29 is 9.57 Å². The minimum Gasteiger partial charge on any atom is -0.274 e. The largest absolute Gasteiger partial charge is 0.298 e. The Hall–Kier alpha value is -0.570. The Morgan fingerprint density at radius 3 is 2.78 bits per heavy atom. The first-order valence-corrected chi connectivity index (χ1v) is 3.34. The first-order valence-electron chi connectivity index (χ1n) is 2.55. The third-order valence-corrected chi connectivity index (χ3v) is 1.59. The van der Waals surface area contributed by atoms with Crippen molar-refractivity contribution in [2.45, 2.75) is 0 Å². The molecule has 0 unspecified atom stereocenters. The van der Waals surface area contributed by atoms with Crippen LogP contribution in [0.5, 0.6) is 0 Å². The highest BCUT2D eigenvalue weighted by atomic mass is 79.9. The summed E-state index contributed by atoms with van der Waals surface area (Å²) < 4.78 is 2.53. The van der Waals surface area contributed by atoms with Gasteiger partial charge >= 0.3 is 0 Å². The SMILES string of the molecule is CO[n+]1ccccc1Br. The second kappa shape index (κ2) is 2.82. The lowest BCUT2D eigenvalue weighted by atomic mass is 10.5. The van der Waals surface area contributed by atoms with Crippen molar-refractivity contribution >= 4 is 15.9 Å². The Labute approximate surface area is 62.2 Å². The zero-order chi connectivity index (χ0) is 6.69. The number of hydrogen-bond acceptors (Lipinski definition) is 1. The van der Waals surface area contributed by atoms with Crippen LogP contribution in [0.25, 0.3) is 0 Å². The average molecular weight is 189 g/mol. The second-order valence-corrected chi connectivity index (χ2v) is 2.34. The molecule has 0 aromatic carbocycles. The summed E-state index contributed by atoms with van der Waals surface area (Å²) in [7, 11) is 1.62. The number of pyridine rings is 1. The van der Waals surface area contributed by atoms with Gasteiger partial charge in [-0.1, -0.05) is 0 Å². The van der Waals surface area contributed by atoms with Gasteiger partial charge in [0, 0.05) is 32.8 Å². The Morgan fingerprint density at radius 2 is 2.33 bits per heavy atom. The van der Waals surface area contributed by atoms with E-state index in [4.69, 9.17) is 4.84 Å². The van der Waals surface area contributed by atoms with Gasteiger partial charge in [0.1, 0.15) is 7.11 Å². The quantitative estimate of drug-likeness (QED) is 0.470. The molecule has 0 radical (unpaired) electrons. The molecular formula is C6H7BrNO+. The van der Waals surface area contributed by atoms with Gasteiger partial charge in [-0.3, -0.25) is 4.84 Å². The van der Waals surface area contributed by atoms with E-state index in [9.17, 15) is 0 Å². The molecule has 3 heteroatoms. The Balaban J connectivity index is 3.01. The van der Waals surface area contributed by atoms with Crippen LogP contribution in [0.15, 0.2) is 29.0 Å². The molecule has 0 fully saturated rings. The van der Waals surface area contributed by atoms with Crippen molar-refractivity contribution in [3.63, 3.8) is 0 Å². The molecule has 9 heavy (non-hydrogen) atoms. The highest BCUT2D eigenvalue weighted by Gasteiger charge is 2.02. The average Bonchev–Trinajstić information content (AvgIpc) is 1.89. The van der Waals surface area contributed by atoms with Crippen LogP contribution >= 0.6 is 15.9 Å². The van der Waals surface area contributed by atoms with Gasteiger partial charge in [0.05, 0.1) is 0 Å². The normalized spacial score (nSPS) is 9.11. The maximum absolute atomic E-state index is 4.91. The van der Waals surface area contributed by atoms with Crippen molar-refractivity contribution in [2.75, 3.05) is 7.11 Å². The molecule has 1 aromatic rings. The van der Waals surface area contributed by atoms with E-state index in [1.165, 1.54) is 0 Å². The lowest BCUT2D eigenvalue weighted by Crippen LogP contribution is -2.41. The van der Waals surface area contributed by atoms with E-state index in [0.29, 0.717) is 0 Å². The third kappa shape index (κ3) is 1.42. The monoisotopic (exact) mass is 188 g/mol. The standard InChI is InChI=1S/C6H7BrNO/c1-9-8-5-3-2-4-6(8)7/h2-5H,1H3/q+1. The molecule has 0 amide bonds. The van der Waals surface area contributed by atoms with Crippen molar-refractivity contribution in [3.05, 3.63) is 29.0 Å². The lowest BCUT2D eigenvalue weighted by molar-refractivity contribution is -0.893. The van der Waals surface area contributed by atoms with Crippen LogP contribution in [0, 0.1) is 0 Å². The summed E-state index contributed by atoms with van der Waals surface area (Å²) in [5.41, 5.74) is 0. The lowest BCUT2D eigenvalue weighted by Gasteiger charge is -1.89. The van der Waals surface area contributed by atoms with Crippen molar-refractivity contribution in [1.82, 2.24) is 0 Å². The third-order valence-electron chi connectivity index (χ3n) is 0.974. The summed E-state index contributed by atoms with van der Waals surface area (Å²) in [5.74, 6) is 0. The molecule has 0 aliphatic carbocycles. The molecule has 48 valence electrons. The fourth-order valence-electron chi connectivity index (χ4n) is 0.556. The molecule has 2 nitrogen and oxygen atoms in total. The van der Waals surface area contributed by atoms with E-state index in [2.05, 4.69) is 15.9 Å². The van der Waals surface area contributed by atoms with Crippen molar-refractivity contribution in [3.8, 4) is 0 Å². The Kier molecular flexibility index (Phi) is 2.05. The van der Waals surface area contributed by atoms with Crippen LogP contribution < -0.4 is 9.57 Å². The van der Waals surface area contributed by atoms with Crippen LogP contribution in [0.1, 0.15) is 0 Å². The summed E-state index contributed by atoms with van der Waals surface area (Å²) in [6, 6.07) is 5.73. The number of aromatic nitrogens is 1. The summed E-state index contributed by atoms with van der Waals surface area (Å²) in [6.07, 6.45) is 1.82. The molecule has 0 spiro atoms. The second-order valence-electron chi connectivity index (χ2n) is 1.53. The fraction of sp³-hybridized carbons (Fsp3) is 0.167. The van der Waals surface area contributed by atoms with Gasteiger partial charge in [-0.05, 0) is 6.07 Å². The van der Waals surface area contributed by atoms with E-state index in [1.54, 1.807) is 11.8 Å². The van der Waals surface area contributed by atoms with Crippen molar-refractivity contribution in [2.24, 2.45) is 0 Å². The van der Waals surface area contributed by atoms with Gasteiger partial charge < -0.3 is 0 Å². The van der Waals surface area contributed by atoms with Gasteiger partial charge in [0.15, 0.2) is 0 Å². The van der Waals surface area contributed by atoms with E-state index >= 15 is 0 Å². The molecule has 0 saturated carbocycles. The highest BCUT2D eigenvalue weighted by molar-refractivity contribution is 9.10. The molecule has 0 N–H and O–H groups in total. The zero-order valence-corrected chi connectivity index (χ0v) is 6.63. The van der Waals surface area contributed by atoms with Gasteiger partial charge in [0.25, 0.3) is 4.60 Å². The zero-order valence-electron chi connectivity index (χ0n) is 5.04. The predicted octanol–water partition coefficient (Wildman–Crippen LogP) is 0.795. The van der Waals surface area contributed by atoms with E-state index < -0.39 is 0 Å². The first kappa shape index (κ1) is 6.55. The predicted molar refractivity (Wildman–Crippen MR) is 36.8 cm³/mol. The number of hydrogen-bond donors (Lipinski definition) is 0. The van der Waals surface area contributed by atoms with E-state index in [-0.39, 0.29) is 0 Å². The number of halogens is 1.